The minimum absolute atomic E-state index is 0.605. The number of hydrogen-bond donors (Lipinski definition) is 0. The molecule has 23 heavy (non-hydrogen) atoms. The summed E-state index contributed by atoms with van der Waals surface area (Å²) in [5.74, 6) is 4.23. The van der Waals surface area contributed by atoms with Gasteiger partial charge in [-0.25, -0.2) is 4.99 Å². The topological polar surface area (TPSA) is 12.4 Å². The van der Waals surface area contributed by atoms with E-state index in [1.807, 2.05) is 30.0 Å². The third-order valence-corrected chi connectivity index (χ3v) is 6.19. The molecule has 1 saturated carbocycles. The summed E-state index contributed by atoms with van der Waals surface area (Å²) < 4.78 is 0. The number of aliphatic imine (C=N–C) groups is 1. The molecule has 1 fully saturated rings. The third-order valence-electron chi connectivity index (χ3n) is 4.14. The largest absolute Gasteiger partial charge is 0.233 e. The van der Waals surface area contributed by atoms with E-state index in [9.17, 15) is 0 Å². The highest BCUT2D eigenvalue weighted by Gasteiger charge is 2.22. The number of rotatable bonds is 3. The molecular formula is C20H29NSSi. The second kappa shape index (κ2) is 8.75. The van der Waals surface area contributed by atoms with Crippen molar-refractivity contribution in [2.75, 3.05) is 0 Å². The van der Waals surface area contributed by atoms with Crippen LogP contribution in [-0.4, -0.2) is 18.4 Å². The molecule has 2 rings (SSSR count). The van der Waals surface area contributed by atoms with Gasteiger partial charge in [-0.15, -0.1) is 5.54 Å². The minimum atomic E-state index is -1.38. The first-order valence-corrected chi connectivity index (χ1v) is 13.2. The average molecular weight is 344 g/mol. The normalized spacial score (nSPS) is 18.2. The van der Waals surface area contributed by atoms with Gasteiger partial charge in [0.1, 0.15) is 13.1 Å². The van der Waals surface area contributed by atoms with Gasteiger partial charge < -0.3 is 0 Å². The zero-order valence-corrected chi connectivity index (χ0v) is 16.7. The number of para-hydroxylation sites is 1. The first-order chi connectivity index (χ1) is 10.9. The van der Waals surface area contributed by atoms with Crippen LogP contribution in [0.1, 0.15) is 39.0 Å². The fraction of sp³-hybridized carbons (Fsp3) is 0.550. The van der Waals surface area contributed by atoms with Crippen LogP contribution in [0, 0.1) is 17.4 Å². The van der Waals surface area contributed by atoms with E-state index >= 15 is 0 Å². The van der Waals surface area contributed by atoms with Gasteiger partial charge in [-0.05, 0) is 36.8 Å². The van der Waals surface area contributed by atoms with E-state index in [2.05, 4.69) is 50.2 Å². The molecule has 0 spiro atoms. The summed E-state index contributed by atoms with van der Waals surface area (Å²) in [6.07, 6.45) is 6.93. The maximum atomic E-state index is 4.82. The zero-order chi connectivity index (χ0) is 16.7. The smallest absolute Gasteiger partial charge is 0.146 e. The Morgan fingerprint density at radius 3 is 2.39 bits per heavy atom. The van der Waals surface area contributed by atoms with Gasteiger partial charge in [0, 0.05) is 5.25 Å². The Hall–Kier alpha value is -0.983. The Balaban J connectivity index is 2.15. The molecule has 0 aromatic heterocycles. The molecule has 0 N–H and O–H groups in total. The van der Waals surface area contributed by atoms with Gasteiger partial charge in [-0.2, -0.15) is 0 Å². The molecule has 1 aromatic rings. The standard InChI is InChI=1S/C20H29NSSi/c1-17(18-11-7-5-8-12-18)22-20(15-16-23(2,3)4)21-19-13-9-6-10-14-19/h6,9-10,13-14,17-18H,5,7-8,11-12H2,1-4H3. The Kier molecular flexibility index (Phi) is 6.99. The highest BCUT2D eigenvalue weighted by molar-refractivity contribution is 8.15. The molecule has 0 aliphatic heterocycles. The van der Waals surface area contributed by atoms with Crippen molar-refractivity contribution < 1.29 is 0 Å². The van der Waals surface area contributed by atoms with Crippen LogP contribution in [0.3, 0.4) is 0 Å². The molecule has 124 valence electrons. The molecular weight excluding hydrogens is 314 g/mol. The Labute approximate surface area is 147 Å². The molecule has 0 saturated heterocycles. The predicted octanol–water partition coefficient (Wildman–Crippen LogP) is 6.30. The van der Waals surface area contributed by atoms with Crippen LogP contribution in [0.25, 0.3) is 0 Å². The number of hydrogen-bond acceptors (Lipinski definition) is 2. The Morgan fingerprint density at radius 1 is 1.13 bits per heavy atom. The van der Waals surface area contributed by atoms with Crippen molar-refractivity contribution >= 4 is 30.6 Å². The lowest BCUT2D eigenvalue weighted by atomic mass is 9.87. The summed E-state index contributed by atoms with van der Waals surface area (Å²) in [6, 6.07) is 10.2. The van der Waals surface area contributed by atoms with Crippen molar-refractivity contribution in [1.82, 2.24) is 0 Å². The molecule has 1 aromatic carbocycles. The van der Waals surface area contributed by atoms with Gasteiger partial charge in [0.05, 0.1) is 5.69 Å². The van der Waals surface area contributed by atoms with E-state index in [0.717, 1.165) is 16.6 Å². The number of nitrogens with zero attached hydrogens (tertiary/aromatic N) is 1. The maximum absolute atomic E-state index is 4.82. The monoisotopic (exact) mass is 343 g/mol. The summed E-state index contributed by atoms with van der Waals surface area (Å²) in [5.41, 5.74) is 4.50. The predicted molar refractivity (Wildman–Crippen MR) is 108 cm³/mol. The second-order valence-corrected chi connectivity index (χ2v) is 13.6. The van der Waals surface area contributed by atoms with Crippen LogP contribution >= 0.6 is 11.8 Å². The van der Waals surface area contributed by atoms with Crippen molar-refractivity contribution in [3.63, 3.8) is 0 Å². The molecule has 1 aliphatic carbocycles. The Morgan fingerprint density at radius 2 is 1.78 bits per heavy atom. The molecule has 0 bridgehead atoms. The van der Waals surface area contributed by atoms with Crippen LogP contribution in [-0.2, 0) is 0 Å². The Bertz CT molecular complexity index is 571. The van der Waals surface area contributed by atoms with Gasteiger partial charge in [-0.1, -0.05) is 75.8 Å². The van der Waals surface area contributed by atoms with Gasteiger partial charge in [0.25, 0.3) is 0 Å². The number of thioether (sulfide) groups is 1. The van der Waals surface area contributed by atoms with Crippen LogP contribution in [0.2, 0.25) is 19.6 Å². The van der Waals surface area contributed by atoms with Crippen LogP contribution in [0.5, 0.6) is 0 Å². The summed E-state index contributed by atoms with van der Waals surface area (Å²) in [4.78, 5) is 4.82. The fourth-order valence-corrected chi connectivity index (χ4v) is 4.49. The van der Waals surface area contributed by atoms with E-state index < -0.39 is 8.07 Å². The molecule has 0 amide bonds. The highest BCUT2D eigenvalue weighted by Crippen LogP contribution is 2.33. The molecule has 3 heteroatoms. The molecule has 0 radical (unpaired) electrons. The van der Waals surface area contributed by atoms with E-state index in [1.54, 1.807) is 0 Å². The average Bonchev–Trinajstić information content (AvgIpc) is 2.54. The lowest BCUT2D eigenvalue weighted by Crippen LogP contribution is -2.19. The molecule has 1 unspecified atom stereocenters. The van der Waals surface area contributed by atoms with Crippen molar-refractivity contribution in [3.05, 3.63) is 30.3 Å². The third kappa shape index (κ3) is 6.97. The number of benzene rings is 1. The molecule has 1 atom stereocenters. The quantitative estimate of drug-likeness (QED) is 0.271. The lowest BCUT2D eigenvalue weighted by molar-refractivity contribution is 0.357. The van der Waals surface area contributed by atoms with Gasteiger partial charge >= 0.3 is 0 Å². The van der Waals surface area contributed by atoms with E-state index in [0.29, 0.717) is 5.25 Å². The van der Waals surface area contributed by atoms with Crippen molar-refractivity contribution in [2.45, 2.75) is 63.9 Å². The fourth-order valence-electron chi connectivity index (χ4n) is 2.82. The van der Waals surface area contributed by atoms with Crippen LogP contribution in [0.15, 0.2) is 35.3 Å². The zero-order valence-electron chi connectivity index (χ0n) is 14.9. The molecule has 1 nitrogen and oxygen atoms in total. The van der Waals surface area contributed by atoms with Crippen molar-refractivity contribution in [2.24, 2.45) is 10.9 Å². The summed E-state index contributed by atoms with van der Waals surface area (Å²) in [5, 5.41) is 1.60. The van der Waals surface area contributed by atoms with E-state index in [4.69, 9.17) is 4.99 Å². The van der Waals surface area contributed by atoms with E-state index in [1.165, 1.54) is 32.1 Å². The summed E-state index contributed by atoms with van der Waals surface area (Å²) in [6.45, 7) is 9.22. The summed E-state index contributed by atoms with van der Waals surface area (Å²) >= 11 is 1.89. The molecule has 0 heterocycles. The van der Waals surface area contributed by atoms with Crippen molar-refractivity contribution in [3.8, 4) is 11.5 Å². The van der Waals surface area contributed by atoms with Gasteiger partial charge in [-0.3, -0.25) is 0 Å². The second-order valence-electron chi connectivity index (χ2n) is 7.47. The first kappa shape index (κ1) is 18.4. The SMILES string of the molecule is CC(SC(C#C[Si](C)(C)C)=Nc1ccccc1)C1CCCCC1. The minimum Gasteiger partial charge on any atom is -0.233 e. The van der Waals surface area contributed by atoms with Crippen molar-refractivity contribution in [1.29, 1.82) is 0 Å². The van der Waals surface area contributed by atoms with Gasteiger partial charge in [0.15, 0.2) is 0 Å². The van der Waals surface area contributed by atoms with Crippen LogP contribution < -0.4 is 0 Å². The summed E-state index contributed by atoms with van der Waals surface area (Å²) in [7, 11) is -1.38. The first-order valence-electron chi connectivity index (χ1n) is 8.77. The van der Waals surface area contributed by atoms with Gasteiger partial charge in [0.2, 0.25) is 0 Å². The maximum Gasteiger partial charge on any atom is 0.146 e. The van der Waals surface area contributed by atoms with E-state index in [-0.39, 0.29) is 0 Å². The van der Waals surface area contributed by atoms with Crippen LogP contribution in [0.4, 0.5) is 5.69 Å². The lowest BCUT2D eigenvalue weighted by Gasteiger charge is -2.26. The highest BCUT2D eigenvalue weighted by atomic mass is 32.2. The molecule has 1 aliphatic rings.